The van der Waals surface area contributed by atoms with Gasteiger partial charge in [-0.1, -0.05) is 39.5 Å². The van der Waals surface area contributed by atoms with Crippen LogP contribution in [0.25, 0.3) is 0 Å². The molecule has 1 fully saturated rings. The van der Waals surface area contributed by atoms with Gasteiger partial charge in [-0.25, -0.2) is 4.98 Å². The number of aryl methyl sites for hydroxylation is 1. The molecule has 3 unspecified atom stereocenters. The summed E-state index contributed by atoms with van der Waals surface area (Å²) in [4.78, 5) is 5.92. The van der Waals surface area contributed by atoms with E-state index >= 15 is 0 Å². The lowest BCUT2D eigenvalue weighted by Gasteiger charge is -2.37. The molecular formula is C16H28N2S. The van der Waals surface area contributed by atoms with Gasteiger partial charge in [0.05, 0.1) is 5.01 Å². The molecule has 3 heteroatoms. The van der Waals surface area contributed by atoms with E-state index in [-0.39, 0.29) is 0 Å². The fourth-order valence-electron chi connectivity index (χ4n) is 3.47. The molecule has 0 amide bonds. The van der Waals surface area contributed by atoms with Crippen molar-refractivity contribution in [1.82, 2.24) is 10.3 Å². The van der Waals surface area contributed by atoms with Crippen molar-refractivity contribution in [3.63, 3.8) is 0 Å². The Bertz CT molecular complexity index is 375. The van der Waals surface area contributed by atoms with Crippen molar-refractivity contribution in [2.24, 2.45) is 11.8 Å². The van der Waals surface area contributed by atoms with E-state index in [1.165, 1.54) is 48.4 Å². The van der Waals surface area contributed by atoms with Gasteiger partial charge in [0, 0.05) is 17.1 Å². The molecule has 0 radical (unpaired) electrons. The van der Waals surface area contributed by atoms with Crippen LogP contribution in [0.3, 0.4) is 0 Å². The quantitative estimate of drug-likeness (QED) is 0.816. The van der Waals surface area contributed by atoms with Gasteiger partial charge in [-0.05, 0) is 38.1 Å². The Hall–Kier alpha value is -0.410. The van der Waals surface area contributed by atoms with Crippen molar-refractivity contribution in [3.8, 4) is 0 Å². The first-order valence-corrected chi connectivity index (χ1v) is 8.73. The molecule has 0 saturated heterocycles. The summed E-state index contributed by atoms with van der Waals surface area (Å²) in [6.07, 6.45) is 10.3. The maximum atomic E-state index is 4.47. The van der Waals surface area contributed by atoms with Gasteiger partial charge in [-0.15, -0.1) is 11.3 Å². The molecule has 1 saturated carbocycles. The molecule has 0 aliphatic heterocycles. The maximum absolute atomic E-state index is 4.47. The number of hydrogen-bond donors (Lipinski definition) is 1. The number of hydrogen-bond acceptors (Lipinski definition) is 3. The monoisotopic (exact) mass is 280 g/mol. The summed E-state index contributed by atoms with van der Waals surface area (Å²) in [5.41, 5.74) is 0. The third-order valence-electron chi connectivity index (χ3n) is 4.48. The maximum Gasteiger partial charge on any atom is 0.0897 e. The van der Waals surface area contributed by atoms with Gasteiger partial charge in [0.15, 0.2) is 0 Å². The molecule has 3 atom stereocenters. The molecule has 1 aromatic heterocycles. The Balaban J connectivity index is 2.15. The number of nitrogens with zero attached hydrogens (tertiary/aromatic N) is 1. The van der Waals surface area contributed by atoms with E-state index in [2.05, 4.69) is 37.3 Å². The smallest absolute Gasteiger partial charge is 0.0897 e. The summed E-state index contributed by atoms with van der Waals surface area (Å²) in [6.45, 7) is 7.84. The van der Waals surface area contributed by atoms with Gasteiger partial charge in [0.25, 0.3) is 0 Å². The van der Waals surface area contributed by atoms with Gasteiger partial charge in [-0.2, -0.15) is 0 Å². The molecular weight excluding hydrogens is 252 g/mol. The zero-order valence-corrected chi connectivity index (χ0v) is 13.4. The second-order valence-corrected chi connectivity index (χ2v) is 7.10. The molecule has 0 aromatic carbocycles. The zero-order chi connectivity index (χ0) is 13.7. The minimum atomic E-state index is 0.538. The van der Waals surface area contributed by atoms with Crippen LogP contribution in [0.1, 0.15) is 68.3 Å². The van der Waals surface area contributed by atoms with Crippen molar-refractivity contribution >= 4 is 11.3 Å². The van der Waals surface area contributed by atoms with Crippen molar-refractivity contribution in [1.29, 1.82) is 0 Å². The van der Waals surface area contributed by atoms with Crippen molar-refractivity contribution < 1.29 is 0 Å². The summed E-state index contributed by atoms with van der Waals surface area (Å²) >= 11 is 1.88. The lowest BCUT2D eigenvalue weighted by Crippen LogP contribution is -2.34. The van der Waals surface area contributed by atoms with E-state index in [1.54, 1.807) is 0 Å². The molecule has 0 bridgehead atoms. The van der Waals surface area contributed by atoms with Crippen molar-refractivity contribution in [2.45, 2.75) is 65.3 Å². The van der Waals surface area contributed by atoms with Crippen LogP contribution >= 0.6 is 11.3 Å². The van der Waals surface area contributed by atoms with E-state index < -0.39 is 0 Å². The number of nitrogens with one attached hydrogen (secondary N) is 1. The summed E-state index contributed by atoms with van der Waals surface area (Å²) in [5, 5.41) is 5.00. The van der Waals surface area contributed by atoms with Crippen LogP contribution in [0.15, 0.2) is 6.20 Å². The molecule has 1 aliphatic rings. The molecule has 2 rings (SSSR count). The van der Waals surface area contributed by atoms with E-state index in [0.717, 1.165) is 18.4 Å². The van der Waals surface area contributed by atoms with E-state index in [0.29, 0.717) is 6.04 Å². The van der Waals surface area contributed by atoms with Crippen molar-refractivity contribution in [2.75, 3.05) is 6.54 Å². The summed E-state index contributed by atoms with van der Waals surface area (Å²) in [7, 11) is 0. The fraction of sp³-hybridized carbons (Fsp3) is 0.812. The number of thiazole rings is 1. The second-order valence-electron chi connectivity index (χ2n) is 5.83. The SMILES string of the molecule is CCCNC(c1cnc(C)s1)C1CCCCC1CC. The highest BCUT2D eigenvalue weighted by Gasteiger charge is 2.32. The highest BCUT2D eigenvalue weighted by molar-refractivity contribution is 7.11. The molecule has 0 spiro atoms. The Morgan fingerprint density at radius 1 is 1.37 bits per heavy atom. The van der Waals surface area contributed by atoms with Gasteiger partial charge >= 0.3 is 0 Å². The standard InChI is InChI=1S/C16H28N2S/c1-4-10-17-16(15-11-18-12(3)19-15)14-9-7-6-8-13(14)5-2/h11,13-14,16-17H,4-10H2,1-3H3. The van der Waals surface area contributed by atoms with Crippen LogP contribution in [0.2, 0.25) is 0 Å². The molecule has 1 heterocycles. The molecule has 19 heavy (non-hydrogen) atoms. The van der Waals surface area contributed by atoms with Gasteiger partial charge < -0.3 is 5.32 Å². The van der Waals surface area contributed by atoms with Crippen LogP contribution in [0.5, 0.6) is 0 Å². The first kappa shape index (κ1) is 15.0. The number of aromatic nitrogens is 1. The third kappa shape index (κ3) is 3.79. The van der Waals surface area contributed by atoms with Crippen molar-refractivity contribution in [3.05, 3.63) is 16.1 Å². The normalized spacial score (nSPS) is 25.4. The van der Waals surface area contributed by atoms with Crippen LogP contribution in [0, 0.1) is 18.8 Å². The predicted octanol–water partition coefficient (Wildman–Crippen LogP) is 4.71. The third-order valence-corrected chi connectivity index (χ3v) is 5.48. The van der Waals surface area contributed by atoms with Crippen LogP contribution in [0.4, 0.5) is 0 Å². The van der Waals surface area contributed by atoms with E-state index in [1.807, 2.05) is 11.3 Å². The summed E-state index contributed by atoms with van der Waals surface area (Å²) in [6, 6.07) is 0.538. The molecule has 1 aliphatic carbocycles. The molecule has 1 aromatic rings. The second kappa shape index (κ2) is 7.39. The first-order chi connectivity index (χ1) is 9.26. The number of rotatable bonds is 6. The predicted molar refractivity (Wildman–Crippen MR) is 83.6 cm³/mol. The Kier molecular flexibility index (Phi) is 5.83. The van der Waals surface area contributed by atoms with E-state index in [4.69, 9.17) is 0 Å². The van der Waals surface area contributed by atoms with Crippen LogP contribution < -0.4 is 5.32 Å². The highest BCUT2D eigenvalue weighted by atomic mass is 32.1. The van der Waals surface area contributed by atoms with Crippen LogP contribution in [-0.4, -0.2) is 11.5 Å². The minimum Gasteiger partial charge on any atom is -0.309 e. The molecule has 1 N–H and O–H groups in total. The lowest BCUT2D eigenvalue weighted by atomic mass is 9.73. The van der Waals surface area contributed by atoms with E-state index in [9.17, 15) is 0 Å². The van der Waals surface area contributed by atoms with Crippen LogP contribution in [-0.2, 0) is 0 Å². The van der Waals surface area contributed by atoms with Gasteiger partial charge in [0.1, 0.15) is 0 Å². The Labute approximate surface area is 122 Å². The minimum absolute atomic E-state index is 0.538. The Morgan fingerprint density at radius 2 is 2.16 bits per heavy atom. The summed E-state index contributed by atoms with van der Waals surface area (Å²) < 4.78 is 0. The topological polar surface area (TPSA) is 24.9 Å². The Morgan fingerprint density at radius 3 is 2.79 bits per heavy atom. The molecule has 2 nitrogen and oxygen atoms in total. The fourth-order valence-corrected chi connectivity index (χ4v) is 4.40. The zero-order valence-electron chi connectivity index (χ0n) is 12.6. The van der Waals surface area contributed by atoms with Gasteiger partial charge in [-0.3, -0.25) is 0 Å². The lowest BCUT2D eigenvalue weighted by molar-refractivity contribution is 0.177. The average molecular weight is 280 g/mol. The first-order valence-electron chi connectivity index (χ1n) is 7.92. The summed E-state index contributed by atoms with van der Waals surface area (Å²) in [5.74, 6) is 1.70. The largest absolute Gasteiger partial charge is 0.309 e. The molecule has 108 valence electrons. The highest BCUT2D eigenvalue weighted by Crippen LogP contribution is 2.41. The average Bonchev–Trinajstić information content (AvgIpc) is 2.86. The van der Waals surface area contributed by atoms with Gasteiger partial charge in [0.2, 0.25) is 0 Å².